The minimum Gasteiger partial charge on any atom is -0.489 e. The van der Waals surface area contributed by atoms with Gasteiger partial charge in [0.15, 0.2) is 11.6 Å². The first kappa shape index (κ1) is 24.4. The molecule has 0 aromatic heterocycles. The van der Waals surface area contributed by atoms with E-state index in [1.807, 2.05) is 19.1 Å². The van der Waals surface area contributed by atoms with Gasteiger partial charge >= 0.3 is 0 Å². The van der Waals surface area contributed by atoms with Gasteiger partial charge < -0.3 is 4.74 Å². The smallest absolute Gasteiger partial charge is 0.166 e. The minimum atomic E-state index is -0.779. The van der Waals surface area contributed by atoms with Gasteiger partial charge in [0.25, 0.3) is 0 Å². The Labute approximate surface area is 203 Å². The van der Waals surface area contributed by atoms with Crippen molar-refractivity contribution in [3.05, 3.63) is 89.0 Å². The van der Waals surface area contributed by atoms with Crippen molar-refractivity contribution in [2.75, 3.05) is 0 Å². The van der Waals surface area contributed by atoms with Crippen LogP contribution < -0.4 is 4.74 Å². The summed E-state index contributed by atoms with van der Waals surface area (Å²) in [5.74, 6) is 0.814. The molecular formula is C31H36F2O. The van der Waals surface area contributed by atoms with E-state index in [1.165, 1.54) is 44.1 Å². The predicted octanol–water partition coefficient (Wildman–Crippen LogP) is 9.24. The van der Waals surface area contributed by atoms with E-state index in [-0.39, 0.29) is 5.56 Å². The molecule has 0 amide bonds. The molecule has 1 aliphatic rings. The summed E-state index contributed by atoms with van der Waals surface area (Å²) in [7, 11) is 0. The fourth-order valence-electron chi connectivity index (χ4n) is 5.25. The van der Waals surface area contributed by atoms with Crippen LogP contribution in [0.1, 0.15) is 81.4 Å². The van der Waals surface area contributed by atoms with Gasteiger partial charge in [0.05, 0.1) is 0 Å². The first-order valence-electron chi connectivity index (χ1n) is 12.9. The summed E-state index contributed by atoms with van der Waals surface area (Å²) in [6.45, 7) is 4.73. The Bertz CT molecular complexity index is 1050. The summed E-state index contributed by atoms with van der Waals surface area (Å²) in [5.41, 5.74) is 3.93. The molecule has 4 rings (SSSR count). The Morgan fingerprint density at radius 2 is 1.47 bits per heavy atom. The second-order valence-corrected chi connectivity index (χ2v) is 9.71. The molecule has 1 nitrogen and oxygen atoms in total. The van der Waals surface area contributed by atoms with Gasteiger partial charge in [-0.2, -0.15) is 0 Å². The molecule has 0 radical (unpaired) electrons. The zero-order chi connectivity index (χ0) is 23.9. The van der Waals surface area contributed by atoms with E-state index in [0.29, 0.717) is 35.8 Å². The summed E-state index contributed by atoms with van der Waals surface area (Å²) in [6, 6.07) is 19.4. The van der Waals surface area contributed by atoms with Crippen molar-refractivity contribution >= 4 is 0 Å². The molecule has 0 spiro atoms. The Balaban J connectivity index is 1.33. The molecule has 1 saturated carbocycles. The maximum absolute atomic E-state index is 14.6. The predicted molar refractivity (Wildman–Crippen MR) is 136 cm³/mol. The van der Waals surface area contributed by atoms with Crippen molar-refractivity contribution < 1.29 is 13.5 Å². The van der Waals surface area contributed by atoms with Crippen LogP contribution in [0.15, 0.2) is 60.7 Å². The molecule has 34 heavy (non-hydrogen) atoms. The van der Waals surface area contributed by atoms with Crippen molar-refractivity contribution in [1.82, 2.24) is 0 Å². The summed E-state index contributed by atoms with van der Waals surface area (Å²) >= 11 is 0. The van der Waals surface area contributed by atoms with Crippen LogP contribution in [0, 0.1) is 17.6 Å². The summed E-state index contributed by atoms with van der Waals surface area (Å²) in [6.07, 6.45) is 9.33. The standard InChI is InChI=1S/C31H36F2O/c1-3-5-22-7-11-24(12-8-22)25-13-9-23(10-14-25)21-34-28-18-15-26(16-19-28)29-20-17-27(6-4-2)30(32)31(29)33/h9-10,13-20,22,24H,3-8,11-12,21H2,1-2H3. The molecule has 1 aliphatic carbocycles. The van der Waals surface area contributed by atoms with E-state index in [9.17, 15) is 8.78 Å². The number of benzene rings is 3. The van der Waals surface area contributed by atoms with Crippen LogP contribution in [0.3, 0.4) is 0 Å². The quantitative estimate of drug-likeness (QED) is 0.308. The van der Waals surface area contributed by atoms with Gasteiger partial charge in [-0.3, -0.25) is 0 Å². The van der Waals surface area contributed by atoms with Crippen LogP contribution in [-0.2, 0) is 13.0 Å². The first-order valence-corrected chi connectivity index (χ1v) is 12.9. The molecular weight excluding hydrogens is 426 g/mol. The van der Waals surface area contributed by atoms with Crippen LogP contribution in [0.4, 0.5) is 8.78 Å². The van der Waals surface area contributed by atoms with Crippen LogP contribution in [-0.4, -0.2) is 0 Å². The topological polar surface area (TPSA) is 9.23 Å². The molecule has 0 N–H and O–H groups in total. The number of halogens is 2. The third kappa shape index (κ3) is 5.87. The van der Waals surface area contributed by atoms with Crippen LogP contribution >= 0.6 is 0 Å². The Morgan fingerprint density at radius 1 is 0.765 bits per heavy atom. The molecule has 0 saturated heterocycles. The normalized spacial score (nSPS) is 18.1. The van der Waals surface area contributed by atoms with Crippen LogP contribution in [0.25, 0.3) is 11.1 Å². The molecule has 0 aliphatic heterocycles. The van der Waals surface area contributed by atoms with Crippen molar-refractivity contribution in [2.45, 2.75) is 77.7 Å². The zero-order valence-corrected chi connectivity index (χ0v) is 20.5. The fourth-order valence-corrected chi connectivity index (χ4v) is 5.25. The van der Waals surface area contributed by atoms with Gasteiger partial charge in [0.1, 0.15) is 12.4 Å². The van der Waals surface area contributed by atoms with Gasteiger partial charge in [-0.05, 0) is 78.3 Å². The summed E-state index contributed by atoms with van der Waals surface area (Å²) in [4.78, 5) is 0. The van der Waals surface area contributed by atoms with Crippen molar-refractivity contribution in [3.63, 3.8) is 0 Å². The second kappa shape index (κ2) is 11.6. The average Bonchev–Trinajstić information content (AvgIpc) is 2.87. The maximum Gasteiger partial charge on any atom is 0.166 e. The first-order chi connectivity index (χ1) is 16.6. The minimum absolute atomic E-state index is 0.281. The lowest BCUT2D eigenvalue weighted by Crippen LogP contribution is -2.13. The van der Waals surface area contributed by atoms with Gasteiger partial charge in [0.2, 0.25) is 0 Å². The third-order valence-electron chi connectivity index (χ3n) is 7.25. The van der Waals surface area contributed by atoms with Crippen LogP contribution in [0.2, 0.25) is 0 Å². The van der Waals surface area contributed by atoms with E-state index in [4.69, 9.17) is 4.74 Å². The van der Waals surface area contributed by atoms with Crippen molar-refractivity contribution in [1.29, 1.82) is 0 Å². The Hall–Kier alpha value is -2.68. The number of rotatable bonds is 9. The Morgan fingerprint density at radius 3 is 2.12 bits per heavy atom. The van der Waals surface area contributed by atoms with Gasteiger partial charge in [-0.25, -0.2) is 8.78 Å². The molecule has 3 aromatic rings. The zero-order valence-electron chi connectivity index (χ0n) is 20.5. The largest absolute Gasteiger partial charge is 0.489 e. The van der Waals surface area contributed by atoms with E-state index < -0.39 is 11.6 Å². The molecule has 0 bridgehead atoms. The van der Waals surface area contributed by atoms with Crippen molar-refractivity contribution in [3.8, 4) is 16.9 Å². The molecule has 0 unspecified atom stereocenters. The highest BCUT2D eigenvalue weighted by atomic mass is 19.2. The van der Waals surface area contributed by atoms with E-state index in [0.717, 1.165) is 17.9 Å². The SMILES string of the molecule is CCCc1ccc(-c2ccc(OCc3ccc(C4CCC(CCC)CC4)cc3)cc2)c(F)c1F. The van der Waals surface area contributed by atoms with E-state index >= 15 is 0 Å². The molecule has 3 aromatic carbocycles. The second-order valence-electron chi connectivity index (χ2n) is 9.71. The van der Waals surface area contributed by atoms with Gasteiger partial charge in [-0.1, -0.05) is 81.6 Å². The third-order valence-corrected chi connectivity index (χ3v) is 7.25. The van der Waals surface area contributed by atoms with E-state index in [1.54, 1.807) is 24.3 Å². The van der Waals surface area contributed by atoms with Gasteiger partial charge in [-0.15, -0.1) is 0 Å². The average molecular weight is 463 g/mol. The lowest BCUT2D eigenvalue weighted by Gasteiger charge is -2.28. The highest BCUT2D eigenvalue weighted by Crippen LogP contribution is 2.37. The lowest BCUT2D eigenvalue weighted by atomic mass is 9.77. The highest BCUT2D eigenvalue weighted by molar-refractivity contribution is 5.65. The summed E-state index contributed by atoms with van der Waals surface area (Å²) in [5, 5.41) is 0. The number of hydrogen-bond donors (Lipinski definition) is 0. The molecule has 3 heteroatoms. The molecule has 180 valence electrons. The number of hydrogen-bond acceptors (Lipinski definition) is 1. The van der Waals surface area contributed by atoms with Gasteiger partial charge in [0, 0.05) is 5.56 Å². The highest BCUT2D eigenvalue weighted by Gasteiger charge is 2.21. The molecule has 0 atom stereocenters. The van der Waals surface area contributed by atoms with Crippen LogP contribution in [0.5, 0.6) is 5.75 Å². The molecule has 1 fully saturated rings. The number of aryl methyl sites for hydroxylation is 1. The molecule has 0 heterocycles. The van der Waals surface area contributed by atoms with E-state index in [2.05, 4.69) is 31.2 Å². The Kier molecular flexibility index (Phi) is 8.37. The lowest BCUT2D eigenvalue weighted by molar-refractivity contribution is 0.304. The summed E-state index contributed by atoms with van der Waals surface area (Å²) < 4.78 is 34.8. The number of ether oxygens (including phenoxy) is 1. The monoisotopic (exact) mass is 462 g/mol. The maximum atomic E-state index is 14.6. The fraction of sp³-hybridized carbons (Fsp3) is 0.419. The van der Waals surface area contributed by atoms with Crippen molar-refractivity contribution in [2.24, 2.45) is 5.92 Å².